The van der Waals surface area contributed by atoms with Crippen molar-refractivity contribution in [1.29, 1.82) is 0 Å². The molecule has 0 amide bonds. The van der Waals surface area contributed by atoms with Crippen LogP contribution in [0.2, 0.25) is 0 Å². The van der Waals surface area contributed by atoms with Gasteiger partial charge in [0.05, 0.1) is 11.5 Å². The molecule has 100 valence electrons. The third-order valence-corrected chi connectivity index (χ3v) is 2.64. The van der Waals surface area contributed by atoms with E-state index < -0.39 is 16.4 Å². The molecule has 0 saturated carbocycles. The highest BCUT2D eigenvalue weighted by atomic mass is 19.1. The SMILES string of the molecule is CCNCc1ccc(-c2ccc([N+](=O)[O-])c(F)c2)o1. The lowest BCUT2D eigenvalue weighted by molar-refractivity contribution is -0.387. The quantitative estimate of drug-likeness (QED) is 0.665. The van der Waals surface area contributed by atoms with Crippen molar-refractivity contribution in [1.82, 2.24) is 5.32 Å². The molecular formula is C13H13FN2O3. The van der Waals surface area contributed by atoms with Crippen LogP contribution in [0.15, 0.2) is 34.7 Å². The van der Waals surface area contributed by atoms with Gasteiger partial charge in [-0.15, -0.1) is 0 Å². The summed E-state index contributed by atoms with van der Waals surface area (Å²) in [7, 11) is 0. The van der Waals surface area contributed by atoms with Gasteiger partial charge in [0.15, 0.2) is 0 Å². The average molecular weight is 264 g/mol. The molecule has 2 rings (SSSR count). The summed E-state index contributed by atoms with van der Waals surface area (Å²) in [6.07, 6.45) is 0. The van der Waals surface area contributed by atoms with Gasteiger partial charge in [-0.25, -0.2) is 0 Å². The lowest BCUT2D eigenvalue weighted by Gasteiger charge is -2.00. The van der Waals surface area contributed by atoms with E-state index in [2.05, 4.69) is 5.32 Å². The predicted octanol–water partition coefficient (Wildman–Crippen LogP) is 3.10. The second-order valence-electron chi connectivity index (χ2n) is 3.97. The van der Waals surface area contributed by atoms with Crippen molar-refractivity contribution in [3.05, 3.63) is 52.0 Å². The summed E-state index contributed by atoms with van der Waals surface area (Å²) in [4.78, 5) is 9.77. The van der Waals surface area contributed by atoms with Crippen molar-refractivity contribution in [2.45, 2.75) is 13.5 Å². The zero-order chi connectivity index (χ0) is 13.8. The van der Waals surface area contributed by atoms with Crippen molar-refractivity contribution in [2.24, 2.45) is 0 Å². The van der Waals surface area contributed by atoms with Crippen LogP contribution in [0.3, 0.4) is 0 Å². The van der Waals surface area contributed by atoms with Crippen LogP contribution in [-0.4, -0.2) is 11.5 Å². The molecule has 19 heavy (non-hydrogen) atoms. The molecule has 1 N–H and O–H groups in total. The Balaban J connectivity index is 2.24. The van der Waals surface area contributed by atoms with E-state index >= 15 is 0 Å². The lowest BCUT2D eigenvalue weighted by Crippen LogP contribution is -2.10. The van der Waals surface area contributed by atoms with E-state index in [0.29, 0.717) is 17.9 Å². The van der Waals surface area contributed by atoms with Crippen LogP contribution in [0.1, 0.15) is 12.7 Å². The van der Waals surface area contributed by atoms with Crippen molar-refractivity contribution in [2.75, 3.05) is 6.54 Å². The van der Waals surface area contributed by atoms with Crippen LogP contribution in [0.4, 0.5) is 10.1 Å². The van der Waals surface area contributed by atoms with Crippen LogP contribution >= 0.6 is 0 Å². The fourth-order valence-corrected chi connectivity index (χ4v) is 1.68. The summed E-state index contributed by atoms with van der Waals surface area (Å²) in [5, 5.41) is 13.6. The van der Waals surface area contributed by atoms with Gasteiger partial charge in [-0.05, 0) is 30.8 Å². The van der Waals surface area contributed by atoms with E-state index in [0.717, 1.165) is 24.4 Å². The minimum Gasteiger partial charge on any atom is -0.460 e. The van der Waals surface area contributed by atoms with E-state index in [1.165, 1.54) is 6.07 Å². The van der Waals surface area contributed by atoms with Crippen LogP contribution in [-0.2, 0) is 6.54 Å². The number of hydrogen-bond donors (Lipinski definition) is 1. The molecule has 2 aromatic rings. The maximum atomic E-state index is 13.5. The zero-order valence-electron chi connectivity index (χ0n) is 10.4. The Bertz CT molecular complexity index is 595. The maximum absolute atomic E-state index is 13.5. The summed E-state index contributed by atoms with van der Waals surface area (Å²) < 4.78 is 19.0. The van der Waals surface area contributed by atoms with Gasteiger partial charge < -0.3 is 9.73 Å². The number of nitro groups is 1. The number of nitro benzene ring substituents is 1. The Morgan fingerprint density at radius 2 is 2.16 bits per heavy atom. The number of benzene rings is 1. The molecule has 0 aliphatic heterocycles. The normalized spacial score (nSPS) is 10.6. The Morgan fingerprint density at radius 3 is 2.79 bits per heavy atom. The van der Waals surface area contributed by atoms with E-state index in [1.807, 2.05) is 6.92 Å². The van der Waals surface area contributed by atoms with Gasteiger partial charge in [-0.1, -0.05) is 6.92 Å². The Morgan fingerprint density at radius 1 is 1.37 bits per heavy atom. The minimum absolute atomic E-state index is 0.478. The number of hydrogen-bond acceptors (Lipinski definition) is 4. The maximum Gasteiger partial charge on any atom is 0.304 e. The second-order valence-corrected chi connectivity index (χ2v) is 3.97. The Labute approximate surface area is 109 Å². The molecule has 0 saturated heterocycles. The van der Waals surface area contributed by atoms with Crippen molar-refractivity contribution < 1.29 is 13.7 Å². The number of halogens is 1. The Kier molecular flexibility index (Phi) is 3.91. The number of furan rings is 1. The van der Waals surface area contributed by atoms with Crippen molar-refractivity contribution >= 4 is 5.69 Å². The molecule has 0 aliphatic rings. The van der Waals surface area contributed by atoms with Crippen LogP contribution in [0.5, 0.6) is 0 Å². The molecule has 6 heteroatoms. The molecule has 0 atom stereocenters. The van der Waals surface area contributed by atoms with Crippen LogP contribution < -0.4 is 5.32 Å². The summed E-state index contributed by atoms with van der Waals surface area (Å²) in [5.41, 5.74) is -0.0611. The van der Waals surface area contributed by atoms with Gasteiger partial charge in [0.25, 0.3) is 0 Å². The summed E-state index contributed by atoms with van der Waals surface area (Å²) >= 11 is 0. The summed E-state index contributed by atoms with van der Waals surface area (Å²) in [6.45, 7) is 3.39. The van der Waals surface area contributed by atoms with E-state index in [1.54, 1.807) is 12.1 Å². The molecule has 1 aromatic carbocycles. The van der Waals surface area contributed by atoms with Gasteiger partial charge in [-0.2, -0.15) is 4.39 Å². The molecular weight excluding hydrogens is 251 g/mol. The van der Waals surface area contributed by atoms with Gasteiger partial charge in [0, 0.05) is 11.6 Å². The second kappa shape index (κ2) is 5.62. The van der Waals surface area contributed by atoms with Crippen LogP contribution in [0, 0.1) is 15.9 Å². The molecule has 0 bridgehead atoms. The standard InChI is InChI=1S/C13H13FN2O3/c1-2-15-8-10-4-6-13(19-10)9-3-5-12(16(17)18)11(14)7-9/h3-7,15H,2,8H2,1H3. The predicted molar refractivity (Wildman–Crippen MR) is 68.1 cm³/mol. The smallest absolute Gasteiger partial charge is 0.304 e. The van der Waals surface area contributed by atoms with E-state index in [4.69, 9.17) is 4.42 Å². The third kappa shape index (κ3) is 2.97. The average Bonchev–Trinajstić information content (AvgIpc) is 2.84. The summed E-state index contributed by atoms with van der Waals surface area (Å²) in [5.74, 6) is 0.351. The van der Waals surface area contributed by atoms with E-state index in [-0.39, 0.29) is 0 Å². The molecule has 0 unspecified atom stereocenters. The lowest BCUT2D eigenvalue weighted by atomic mass is 10.1. The van der Waals surface area contributed by atoms with Gasteiger partial charge in [0.2, 0.25) is 5.82 Å². The minimum atomic E-state index is -0.868. The highest BCUT2D eigenvalue weighted by molar-refractivity contribution is 5.60. The largest absolute Gasteiger partial charge is 0.460 e. The molecule has 1 heterocycles. The number of nitrogens with one attached hydrogen (secondary N) is 1. The number of nitrogens with zero attached hydrogens (tertiary/aromatic N) is 1. The molecule has 5 nitrogen and oxygen atoms in total. The topological polar surface area (TPSA) is 68.3 Å². The third-order valence-electron chi connectivity index (χ3n) is 2.64. The Hall–Kier alpha value is -2.21. The highest BCUT2D eigenvalue weighted by Gasteiger charge is 2.15. The first kappa shape index (κ1) is 13.2. The fourth-order valence-electron chi connectivity index (χ4n) is 1.68. The van der Waals surface area contributed by atoms with Gasteiger partial charge in [0.1, 0.15) is 11.5 Å². The van der Waals surface area contributed by atoms with Gasteiger partial charge in [-0.3, -0.25) is 10.1 Å². The zero-order valence-corrected chi connectivity index (χ0v) is 10.4. The first-order chi connectivity index (χ1) is 9.11. The fraction of sp³-hybridized carbons (Fsp3) is 0.231. The highest BCUT2D eigenvalue weighted by Crippen LogP contribution is 2.26. The molecule has 0 radical (unpaired) electrons. The van der Waals surface area contributed by atoms with Crippen LogP contribution in [0.25, 0.3) is 11.3 Å². The van der Waals surface area contributed by atoms with Gasteiger partial charge >= 0.3 is 5.69 Å². The summed E-state index contributed by atoms with van der Waals surface area (Å²) in [6, 6.07) is 7.22. The molecule has 0 fully saturated rings. The van der Waals surface area contributed by atoms with Crippen molar-refractivity contribution in [3.8, 4) is 11.3 Å². The molecule has 1 aromatic heterocycles. The first-order valence-electron chi connectivity index (χ1n) is 5.85. The van der Waals surface area contributed by atoms with E-state index in [9.17, 15) is 14.5 Å². The van der Waals surface area contributed by atoms with Crippen molar-refractivity contribution in [3.63, 3.8) is 0 Å². The molecule has 0 aliphatic carbocycles. The number of rotatable bonds is 5. The molecule has 0 spiro atoms. The first-order valence-corrected chi connectivity index (χ1v) is 5.85. The monoisotopic (exact) mass is 264 g/mol.